The van der Waals surface area contributed by atoms with Gasteiger partial charge in [0.2, 0.25) is 0 Å². The topological polar surface area (TPSA) is 35.6 Å². The van der Waals surface area contributed by atoms with Crippen LogP contribution in [0.15, 0.2) is 48.5 Å². The third-order valence-electron chi connectivity index (χ3n) is 4.55. The SMILES string of the molecule is CN(CCCNC(=O)c1cc(Cl)ccc1Cl)CCCN(C)Cc1ccccc1. The Balaban J connectivity index is 1.58. The summed E-state index contributed by atoms with van der Waals surface area (Å²) in [6.45, 7) is 4.62. The maximum atomic E-state index is 12.2. The number of carbonyl (C=O) groups is 1. The Hall–Kier alpha value is -1.59. The van der Waals surface area contributed by atoms with Crippen molar-refractivity contribution in [3.63, 3.8) is 0 Å². The number of benzene rings is 2. The van der Waals surface area contributed by atoms with Gasteiger partial charge in [0.05, 0.1) is 10.6 Å². The van der Waals surface area contributed by atoms with E-state index in [0.717, 1.165) is 39.0 Å². The molecule has 0 saturated heterocycles. The summed E-state index contributed by atoms with van der Waals surface area (Å²) >= 11 is 12.0. The number of nitrogens with zero attached hydrogens (tertiary/aromatic N) is 2. The van der Waals surface area contributed by atoms with E-state index in [1.54, 1.807) is 18.2 Å². The first kappa shape index (κ1) is 22.7. The molecule has 0 radical (unpaired) electrons. The highest BCUT2D eigenvalue weighted by molar-refractivity contribution is 6.35. The second kappa shape index (κ2) is 12.1. The standard InChI is InChI=1S/C22H29Cl2N3O/c1-26(14-7-15-27(2)17-18-8-4-3-5-9-18)13-6-12-25-22(28)20-16-19(23)10-11-21(20)24/h3-5,8-11,16H,6-7,12-15,17H2,1-2H3,(H,25,28). The molecule has 6 heteroatoms. The van der Waals surface area contributed by atoms with Crippen molar-refractivity contribution < 1.29 is 4.79 Å². The first-order valence-electron chi connectivity index (χ1n) is 9.60. The van der Waals surface area contributed by atoms with Crippen molar-refractivity contribution in [3.8, 4) is 0 Å². The van der Waals surface area contributed by atoms with E-state index in [0.29, 0.717) is 22.2 Å². The molecule has 0 aromatic heterocycles. The molecule has 0 heterocycles. The number of hydrogen-bond acceptors (Lipinski definition) is 3. The molecule has 2 aromatic carbocycles. The van der Waals surface area contributed by atoms with Crippen LogP contribution in [0, 0.1) is 0 Å². The van der Waals surface area contributed by atoms with Gasteiger partial charge >= 0.3 is 0 Å². The van der Waals surface area contributed by atoms with Gasteiger partial charge in [0, 0.05) is 18.1 Å². The Kier molecular flexibility index (Phi) is 9.79. The average molecular weight is 422 g/mol. The smallest absolute Gasteiger partial charge is 0.252 e. The van der Waals surface area contributed by atoms with Crippen molar-refractivity contribution >= 4 is 29.1 Å². The van der Waals surface area contributed by atoms with Gasteiger partial charge in [-0.05, 0) is 70.3 Å². The molecule has 1 amide bonds. The molecule has 0 fully saturated rings. The minimum atomic E-state index is -0.183. The zero-order valence-corrected chi connectivity index (χ0v) is 18.1. The third-order valence-corrected chi connectivity index (χ3v) is 5.11. The second-order valence-electron chi connectivity index (χ2n) is 7.11. The number of amides is 1. The Bertz CT molecular complexity index is 740. The quantitative estimate of drug-likeness (QED) is 0.539. The molecule has 152 valence electrons. The van der Waals surface area contributed by atoms with Crippen LogP contribution in [-0.4, -0.2) is 56.0 Å². The number of rotatable bonds is 11. The Morgan fingerprint density at radius 3 is 2.36 bits per heavy atom. The van der Waals surface area contributed by atoms with Gasteiger partial charge in [-0.2, -0.15) is 0 Å². The summed E-state index contributed by atoms with van der Waals surface area (Å²) in [4.78, 5) is 16.8. The van der Waals surface area contributed by atoms with E-state index in [2.05, 4.69) is 53.5 Å². The van der Waals surface area contributed by atoms with Gasteiger partial charge in [-0.15, -0.1) is 0 Å². The van der Waals surface area contributed by atoms with Crippen LogP contribution in [0.2, 0.25) is 10.0 Å². The summed E-state index contributed by atoms with van der Waals surface area (Å²) in [6.07, 6.45) is 2.00. The monoisotopic (exact) mass is 421 g/mol. The molecule has 0 aliphatic carbocycles. The summed E-state index contributed by atoms with van der Waals surface area (Å²) in [5.41, 5.74) is 1.76. The highest BCUT2D eigenvalue weighted by atomic mass is 35.5. The number of nitrogens with one attached hydrogen (secondary N) is 1. The van der Waals surface area contributed by atoms with Crippen LogP contribution in [0.4, 0.5) is 0 Å². The lowest BCUT2D eigenvalue weighted by atomic mass is 10.2. The van der Waals surface area contributed by atoms with Crippen molar-refractivity contribution in [2.75, 3.05) is 40.3 Å². The first-order chi connectivity index (χ1) is 13.5. The van der Waals surface area contributed by atoms with E-state index < -0.39 is 0 Å². The molecule has 0 atom stereocenters. The fraction of sp³-hybridized carbons (Fsp3) is 0.409. The normalized spacial score (nSPS) is 11.2. The van der Waals surface area contributed by atoms with Crippen LogP contribution in [0.25, 0.3) is 0 Å². The molecule has 4 nitrogen and oxygen atoms in total. The Morgan fingerprint density at radius 1 is 0.929 bits per heavy atom. The third kappa shape index (κ3) is 8.19. The molecule has 0 spiro atoms. The maximum Gasteiger partial charge on any atom is 0.252 e. The van der Waals surface area contributed by atoms with Crippen molar-refractivity contribution in [3.05, 3.63) is 69.7 Å². The predicted octanol–water partition coefficient (Wildman–Crippen LogP) is 4.57. The molecule has 0 aliphatic heterocycles. The van der Waals surface area contributed by atoms with Crippen molar-refractivity contribution in [1.29, 1.82) is 0 Å². The van der Waals surface area contributed by atoms with Crippen LogP contribution in [0.1, 0.15) is 28.8 Å². The molecule has 2 rings (SSSR count). The number of carbonyl (C=O) groups excluding carboxylic acids is 1. The summed E-state index contributed by atoms with van der Waals surface area (Å²) < 4.78 is 0. The molecule has 0 bridgehead atoms. The molecule has 0 aliphatic rings. The van der Waals surface area contributed by atoms with Gasteiger partial charge in [-0.1, -0.05) is 53.5 Å². The lowest BCUT2D eigenvalue weighted by Crippen LogP contribution is -2.30. The fourth-order valence-corrected chi connectivity index (χ4v) is 3.39. The molecule has 1 N–H and O–H groups in total. The lowest BCUT2D eigenvalue weighted by molar-refractivity contribution is 0.0952. The van der Waals surface area contributed by atoms with Crippen molar-refractivity contribution in [1.82, 2.24) is 15.1 Å². The molecular formula is C22H29Cl2N3O. The van der Waals surface area contributed by atoms with Crippen molar-refractivity contribution in [2.24, 2.45) is 0 Å². The molecule has 2 aromatic rings. The number of halogens is 2. The van der Waals surface area contributed by atoms with Gasteiger partial charge in [-0.3, -0.25) is 4.79 Å². The fourth-order valence-electron chi connectivity index (χ4n) is 3.01. The van der Waals surface area contributed by atoms with E-state index in [4.69, 9.17) is 23.2 Å². The van der Waals surface area contributed by atoms with E-state index >= 15 is 0 Å². The molecule has 0 unspecified atom stereocenters. The zero-order chi connectivity index (χ0) is 20.4. The largest absolute Gasteiger partial charge is 0.352 e. The first-order valence-corrected chi connectivity index (χ1v) is 10.4. The Labute approximate surface area is 178 Å². The van der Waals surface area contributed by atoms with Crippen molar-refractivity contribution in [2.45, 2.75) is 19.4 Å². The highest BCUT2D eigenvalue weighted by Gasteiger charge is 2.10. The Morgan fingerprint density at radius 2 is 1.61 bits per heavy atom. The van der Waals surface area contributed by atoms with E-state index in [1.807, 2.05) is 6.07 Å². The van der Waals surface area contributed by atoms with Gasteiger partial charge < -0.3 is 15.1 Å². The van der Waals surface area contributed by atoms with Crippen LogP contribution in [-0.2, 0) is 6.54 Å². The van der Waals surface area contributed by atoms with Gasteiger partial charge in [-0.25, -0.2) is 0 Å². The van der Waals surface area contributed by atoms with Crippen LogP contribution in [0.5, 0.6) is 0 Å². The molecule has 0 saturated carbocycles. The van der Waals surface area contributed by atoms with Gasteiger partial charge in [0.25, 0.3) is 5.91 Å². The van der Waals surface area contributed by atoms with E-state index in [1.165, 1.54) is 5.56 Å². The molecule has 28 heavy (non-hydrogen) atoms. The summed E-state index contributed by atoms with van der Waals surface area (Å²) in [7, 11) is 4.27. The minimum absolute atomic E-state index is 0.183. The van der Waals surface area contributed by atoms with Crippen LogP contribution < -0.4 is 5.32 Å². The zero-order valence-electron chi connectivity index (χ0n) is 16.6. The van der Waals surface area contributed by atoms with Crippen LogP contribution >= 0.6 is 23.2 Å². The lowest BCUT2D eigenvalue weighted by Gasteiger charge is -2.20. The summed E-state index contributed by atoms with van der Waals surface area (Å²) in [5, 5.41) is 3.83. The number of hydrogen-bond donors (Lipinski definition) is 1. The van der Waals surface area contributed by atoms with E-state index in [9.17, 15) is 4.79 Å². The van der Waals surface area contributed by atoms with Crippen LogP contribution in [0.3, 0.4) is 0 Å². The summed E-state index contributed by atoms with van der Waals surface area (Å²) in [6, 6.07) is 15.4. The predicted molar refractivity (Wildman–Crippen MR) is 118 cm³/mol. The highest BCUT2D eigenvalue weighted by Crippen LogP contribution is 2.20. The maximum absolute atomic E-state index is 12.2. The van der Waals surface area contributed by atoms with E-state index in [-0.39, 0.29) is 5.91 Å². The minimum Gasteiger partial charge on any atom is -0.352 e. The second-order valence-corrected chi connectivity index (χ2v) is 7.96. The summed E-state index contributed by atoms with van der Waals surface area (Å²) in [5.74, 6) is -0.183. The van der Waals surface area contributed by atoms with Gasteiger partial charge in [0.1, 0.15) is 0 Å². The van der Waals surface area contributed by atoms with Gasteiger partial charge in [0.15, 0.2) is 0 Å². The average Bonchev–Trinajstić information content (AvgIpc) is 2.67. The molecular weight excluding hydrogens is 393 g/mol.